The van der Waals surface area contributed by atoms with Gasteiger partial charge in [0.15, 0.2) is 8.32 Å². The summed E-state index contributed by atoms with van der Waals surface area (Å²) >= 11 is 2.12. The Morgan fingerprint density at radius 3 is 1.78 bits per heavy atom. The van der Waals surface area contributed by atoms with Crippen LogP contribution in [0.5, 0.6) is 0 Å². The second-order valence-electron chi connectivity index (χ2n) is 9.62. The number of rotatable bonds is 13. The second kappa shape index (κ2) is 13.0. The number of alkyl halides is 1. The van der Waals surface area contributed by atoms with Crippen molar-refractivity contribution in [3.05, 3.63) is 71.8 Å². The molecular weight excluding hydrogens is 531 g/mol. The summed E-state index contributed by atoms with van der Waals surface area (Å²) in [6.45, 7) is 12.4. The summed E-state index contributed by atoms with van der Waals surface area (Å²) in [5, 5.41) is 0.0927. The number of Topliss-reactive ketones (excluding diaryl/α,β-unsaturated/α-hetero) is 1. The predicted octanol–water partition coefficient (Wildman–Crippen LogP) is 6.57. The van der Waals surface area contributed by atoms with Crippen LogP contribution in [0.15, 0.2) is 60.7 Å². The van der Waals surface area contributed by atoms with Gasteiger partial charge in [-0.25, -0.2) is 0 Å². The van der Waals surface area contributed by atoms with Crippen LogP contribution in [0.4, 0.5) is 0 Å². The molecule has 0 N–H and O–H groups in total. The minimum atomic E-state index is -1.98. The fraction of sp³-hybridized carbons (Fsp3) is 0.500. The van der Waals surface area contributed by atoms with E-state index in [9.17, 15) is 4.79 Å². The van der Waals surface area contributed by atoms with Gasteiger partial charge in [0.25, 0.3) is 0 Å². The van der Waals surface area contributed by atoms with Crippen LogP contribution < -0.4 is 0 Å². The third kappa shape index (κ3) is 9.06. The van der Waals surface area contributed by atoms with Crippen molar-refractivity contribution >= 4 is 36.7 Å². The van der Waals surface area contributed by atoms with Crippen molar-refractivity contribution in [1.82, 2.24) is 0 Å². The summed E-state index contributed by atoms with van der Waals surface area (Å²) < 4.78 is 19.6. The highest BCUT2D eigenvalue weighted by atomic mass is 127. The Kier molecular flexibility index (Phi) is 11.0. The first-order valence-corrected chi connectivity index (χ1v) is 15.6. The number of hydrogen-bond acceptors (Lipinski definition) is 4. The van der Waals surface area contributed by atoms with Crippen LogP contribution >= 0.6 is 22.6 Å². The SMILES string of the molecule is CC(C)(C)[Si](C)(C)OC[C@@H](OCc1ccccc1)[C@H](CC(=O)CI)OCc1ccccc1. The molecular formula is C26H37IO4Si. The van der Waals surface area contributed by atoms with E-state index >= 15 is 0 Å². The molecule has 0 amide bonds. The van der Waals surface area contributed by atoms with E-state index in [2.05, 4.69) is 56.5 Å². The van der Waals surface area contributed by atoms with E-state index in [1.165, 1.54) is 0 Å². The van der Waals surface area contributed by atoms with Crippen LogP contribution in [0.2, 0.25) is 18.1 Å². The summed E-state index contributed by atoms with van der Waals surface area (Å²) in [4.78, 5) is 12.4. The Morgan fingerprint density at radius 1 is 0.875 bits per heavy atom. The van der Waals surface area contributed by atoms with Crippen LogP contribution in [0.1, 0.15) is 38.3 Å². The fourth-order valence-electron chi connectivity index (χ4n) is 2.90. The van der Waals surface area contributed by atoms with Crippen LogP contribution in [0.25, 0.3) is 0 Å². The Morgan fingerprint density at radius 2 is 1.34 bits per heavy atom. The van der Waals surface area contributed by atoms with Gasteiger partial charge in [0.1, 0.15) is 11.9 Å². The first-order valence-electron chi connectivity index (χ1n) is 11.1. The molecule has 2 atom stereocenters. The molecule has 6 heteroatoms. The molecule has 0 unspecified atom stereocenters. The average molecular weight is 569 g/mol. The maximum Gasteiger partial charge on any atom is 0.192 e. The quantitative estimate of drug-likeness (QED) is 0.156. The maximum atomic E-state index is 12.4. The zero-order chi connectivity index (χ0) is 23.6. The van der Waals surface area contributed by atoms with Gasteiger partial charge in [-0.1, -0.05) is 104 Å². The number of hydrogen-bond donors (Lipinski definition) is 0. The number of ketones is 1. The summed E-state index contributed by atoms with van der Waals surface area (Å²) in [7, 11) is -1.98. The van der Waals surface area contributed by atoms with Crippen molar-refractivity contribution in [3.8, 4) is 0 Å². The van der Waals surface area contributed by atoms with Gasteiger partial charge in [-0.3, -0.25) is 4.79 Å². The van der Waals surface area contributed by atoms with E-state index in [-0.39, 0.29) is 23.0 Å². The minimum absolute atomic E-state index is 0.0927. The molecule has 0 spiro atoms. The predicted molar refractivity (Wildman–Crippen MR) is 142 cm³/mol. The Bertz CT molecular complexity index is 806. The maximum absolute atomic E-state index is 12.4. The van der Waals surface area contributed by atoms with Crippen LogP contribution in [0, 0.1) is 0 Å². The smallest absolute Gasteiger partial charge is 0.192 e. The summed E-state index contributed by atoms with van der Waals surface area (Å²) in [6.07, 6.45) is -0.387. The lowest BCUT2D eigenvalue weighted by atomic mass is 10.1. The van der Waals surface area contributed by atoms with E-state index < -0.39 is 8.32 Å². The van der Waals surface area contributed by atoms with Gasteiger partial charge < -0.3 is 13.9 Å². The zero-order valence-electron chi connectivity index (χ0n) is 20.0. The number of benzene rings is 2. The molecule has 0 radical (unpaired) electrons. The summed E-state index contributed by atoms with van der Waals surface area (Å²) in [5.74, 6) is 0.157. The molecule has 0 saturated heterocycles. The lowest BCUT2D eigenvalue weighted by molar-refractivity contribution is -0.130. The highest BCUT2D eigenvalue weighted by molar-refractivity contribution is 14.1. The number of halogens is 1. The molecule has 2 aromatic carbocycles. The molecule has 0 heterocycles. The van der Waals surface area contributed by atoms with Crippen molar-refractivity contribution in [2.24, 2.45) is 0 Å². The van der Waals surface area contributed by atoms with Crippen molar-refractivity contribution in [2.75, 3.05) is 11.0 Å². The van der Waals surface area contributed by atoms with Gasteiger partial charge in [-0.05, 0) is 29.3 Å². The third-order valence-electron chi connectivity index (χ3n) is 6.02. The van der Waals surface area contributed by atoms with Crippen molar-refractivity contribution in [2.45, 2.75) is 70.7 Å². The highest BCUT2D eigenvalue weighted by Crippen LogP contribution is 2.37. The van der Waals surface area contributed by atoms with Crippen LogP contribution in [-0.2, 0) is 31.9 Å². The molecule has 176 valence electrons. The molecule has 0 saturated carbocycles. The van der Waals surface area contributed by atoms with Crippen molar-refractivity contribution in [1.29, 1.82) is 0 Å². The molecule has 0 aliphatic heterocycles. The van der Waals surface area contributed by atoms with E-state index in [0.29, 0.717) is 30.7 Å². The van der Waals surface area contributed by atoms with Gasteiger partial charge in [-0.2, -0.15) is 0 Å². The zero-order valence-corrected chi connectivity index (χ0v) is 23.1. The van der Waals surface area contributed by atoms with E-state index in [1.54, 1.807) is 0 Å². The first-order chi connectivity index (χ1) is 15.1. The van der Waals surface area contributed by atoms with Crippen molar-refractivity contribution in [3.63, 3.8) is 0 Å². The second-order valence-corrected chi connectivity index (χ2v) is 15.2. The van der Waals surface area contributed by atoms with Crippen LogP contribution in [0.3, 0.4) is 0 Å². The highest BCUT2D eigenvalue weighted by Gasteiger charge is 2.38. The molecule has 0 aromatic heterocycles. The van der Waals surface area contributed by atoms with Gasteiger partial charge in [0, 0.05) is 6.42 Å². The van der Waals surface area contributed by atoms with E-state index in [1.807, 2.05) is 60.7 Å². The topological polar surface area (TPSA) is 44.8 Å². The lowest BCUT2D eigenvalue weighted by Gasteiger charge is -2.38. The van der Waals surface area contributed by atoms with Gasteiger partial charge >= 0.3 is 0 Å². The van der Waals surface area contributed by atoms with E-state index in [0.717, 1.165) is 11.1 Å². The molecule has 2 rings (SSSR count). The lowest BCUT2D eigenvalue weighted by Crippen LogP contribution is -2.46. The molecule has 0 aliphatic carbocycles. The minimum Gasteiger partial charge on any atom is -0.414 e. The molecule has 0 fully saturated rings. The van der Waals surface area contributed by atoms with Gasteiger partial charge in [-0.15, -0.1) is 0 Å². The first kappa shape index (κ1) is 27.2. The molecule has 4 nitrogen and oxygen atoms in total. The largest absolute Gasteiger partial charge is 0.414 e. The summed E-state index contributed by atoms with van der Waals surface area (Å²) in [5.41, 5.74) is 2.17. The van der Waals surface area contributed by atoms with Gasteiger partial charge in [0.2, 0.25) is 0 Å². The van der Waals surface area contributed by atoms with E-state index in [4.69, 9.17) is 13.9 Å². The Balaban J connectivity index is 2.19. The Labute approximate surface area is 208 Å². The van der Waals surface area contributed by atoms with Crippen LogP contribution in [-0.4, -0.2) is 37.3 Å². The molecule has 0 bridgehead atoms. The number of carbonyl (C=O) groups is 1. The normalized spacial score (nSPS) is 14.2. The standard InChI is InChI=1S/C26H37IO4Si/c1-26(2,3)32(4,5)31-20-25(30-19-22-14-10-7-11-15-22)24(16-23(28)17-27)29-18-21-12-8-6-9-13-21/h6-15,24-25H,16-20H2,1-5H3/t24-,25+/m0/s1. The number of carbonyl (C=O) groups excluding carboxylic acids is 1. The molecule has 0 aliphatic rings. The molecule has 2 aromatic rings. The Hall–Kier alpha value is -1.06. The number of ether oxygens (including phenoxy) is 2. The average Bonchev–Trinajstić information content (AvgIpc) is 2.77. The third-order valence-corrected chi connectivity index (χ3v) is 11.4. The van der Waals surface area contributed by atoms with Crippen molar-refractivity contribution < 1.29 is 18.7 Å². The fourth-order valence-corrected chi connectivity index (χ4v) is 4.23. The summed E-state index contributed by atoms with van der Waals surface area (Å²) in [6, 6.07) is 20.1. The monoisotopic (exact) mass is 568 g/mol. The van der Waals surface area contributed by atoms with Gasteiger partial charge in [0.05, 0.1) is 30.4 Å². The molecule has 32 heavy (non-hydrogen) atoms.